The van der Waals surface area contributed by atoms with Crippen LogP contribution >= 0.6 is 0 Å². The van der Waals surface area contributed by atoms with Crippen LogP contribution in [-0.4, -0.2) is 0 Å². The first kappa shape index (κ1) is 37.8. The third kappa shape index (κ3) is 6.42. The molecule has 0 bridgehead atoms. The van der Waals surface area contributed by atoms with Gasteiger partial charge in [0, 0.05) is 27.7 Å². The van der Waals surface area contributed by atoms with Crippen LogP contribution in [0.25, 0.3) is 110 Å². The fraction of sp³-hybridized carbons (Fsp3) is 0. The van der Waals surface area contributed by atoms with E-state index in [0.29, 0.717) is 0 Å². The molecule has 2 nitrogen and oxygen atoms in total. The van der Waals surface area contributed by atoms with Crippen LogP contribution in [0.4, 0.5) is 17.1 Å². The van der Waals surface area contributed by atoms with Gasteiger partial charge in [-0.15, -0.1) is 0 Å². The topological polar surface area (TPSA) is 16.4 Å². The van der Waals surface area contributed by atoms with Crippen molar-refractivity contribution in [3.8, 4) is 44.5 Å². The molecule has 13 aromatic rings. The predicted octanol–water partition coefficient (Wildman–Crippen LogP) is 18.3. The minimum Gasteiger partial charge on any atom is -0.456 e. The Labute approximate surface area is 382 Å². The van der Waals surface area contributed by atoms with Gasteiger partial charge >= 0.3 is 0 Å². The maximum absolute atomic E-state index is 6.28. The summed E-state index contributed by atoms with van der Waals surface area (Å²) in [4.78, 5) is 2.40. The zero-order chi connectivity index (χ0) is 43.6. The van der Waals surface area contributed by atoms with Crippen LogP contribution in [0.5, 0.6) is 0 Å². The molecule has 0 aliphatic heterocycles. The van der Waals surface area contributed by atoms with Gasteiger partial charge in [0.1, 0.15) is 11.2 Å². The van der Waals surface area contributed by atoms with E-state index >= 15 is 0 Å². The zero-order valence-corrected chi connectivity index (χ0v) is 36.0. The molecular formula is C64H41NO. The first-order chi connectivity index (χ1) is 32.7. The number of fused-ring (bicyclic) bond motifs is 9. The molecule has 0 N–H and O–H groups in total. The van der Waals surface area contributed by atoms with Crippen LogP contribution in [-0.2, 0) is 0 Å². The first-order valence-electron chi connectivity index (χ1n) is 22.6. The Morgan fingerprint density at radius 2 is 0.712 bits per heavy atom. The van der Waals surface area contributed by atoms with E-state index in [-0.39, 0.29) is 0 Å². The monoisotopic (exact) mass is 839 g/mol. The standard InChI is InChI=1S/C64H41NO/c1-3-12-54-44(10-1)27-29-51-40-49(34-39-56(51)54)42-20-22-46(23-21-42)57-14-5-7-17-61(57)65(53-37-32-47(33-38-53)58-16-9-19-63-64(58)59-15-6-8-18-62(59)66-63)52-35-30-43(31-36-52)50-28-26-48-25-24-45-11-2-4-13-55(45)60(48)41-50/h1-41H. The summed E-state index contributed by atoms with van der Waals surface area (Å²) in [7, 11) is 0. The quantitative estimate of drug-likeness (QED) is 0.149. The SMILES string of the molecule is c1ccc(N(c2ccc(-c3ccc4ccc5ccccc5c4c3)cc2)c2ccc(-c3cccc4oc5ccccc5c34)cc2)c(-c2ccc(-c3ccc4c(ccc5ccccc54)c3)cc2)c1. The largest absolute Gasteiger partial charge is 0.456 e. The highest BCUT2D eigenvalue weighted by atomic mass is 16.3. The summed E-state index contributed by atoms with van der Waals surface area (Å²) in [5, 5.41) is 12.4. The van der Waals surface area contributed by atoms with Crippen molar-refractivity contribution in [3.63, 3.8) is 0 Å². The lowest BCUT2D eigenvalue weighted by Gasteiger charge is -2.28. The number of nitrogens with zero attached hydrogens (tertiary/aromatic N) is 1. The Kier molecular flexibility index (Phi) is 8.89. The van der Waals surface area contributed by atoms with E-state index in [9.17, 15) is 0 Å². The number of anilines is 3. The molecule has 66 heavy (non-hydrogen) atoms. The molecule has 0 atom stereocenters. The van der Waals surface area contributed by atoms with Crippen LogP contribution in [0.3, 0.4) is 0 Å². The van der Waals surface area contributed by atoms with E-state index in [0.717, 1.165) is 61.3 Å². The average Bonchev–Trinajstić information content (AvgIpc) is 3.78. The number of furan rings is 1. The van der Waals surface area contributed by atoms with E-state index in [1.807, 2.05) is 12.1 Å². The van der Waals surface area contributed by atoms with Gasteiger partial charge in [-0.25, -0.2) is 0 Å². The molecule has 0 amide bonds. The number of para-hydroxylation sites is 2. The average molecular weight is 840 g/mol. The van der Waals surface area contributed by atoms with E-state index in [4.69, 9.17) is 4.42 Å². The van der Waals surface area contributed by atoms with E-state index < -0.39 is 0 Å². The Morgan fingerprint density at radius 1 is 0.258 bits per heavy atom. The van der Waals surface area contributed by atoms with Gasteiger partial charge in [-0.3, -0.25) is 0 Å². The van der Waals surface area contributed by atoms with Gasteiger partial charge in [-0.2, -0.15) is 0 Å². The smallest absolute Gasteiger partial charge is 0.136 e. The lowest BCUT2D eigenvalue weighted by molar-refractivity contribution is 0.669. The lowest BCUT2D eigenvalue weighted by atomic mass is 9.95. The van der Waals surface area contributed by atoms with Crippen LogP contribution in [0.15, 0.2) is 253 Å². The van der Waals surface area contributed by atoms with Gasteiger partial charge in [0.05, 0.1) is 5.69 Å². The second-order valence-electron chi connectivity index (χ2n) is 17.2. The summed E-state index contributed by atoms with van der Waals surface area (Å²) in [5.41, 5.74) is 14.4. The van der Waals surface area contributed by atoms with Crippen LogP contribution in [0.2, 0.25) is 0 Å². The highest BCUT2D eigenvalue weighted by molar-refractivity contribution is 6.13. The molecule has 0 aliphatic carbocycles. The van der Waals surface area contributed by atoms with Crippen LogP contribution < -0.4 is 4.90 Å². The minimum atomic E-state index is 0.897. The van der Waals surface area contributed by atoms with E-state index in [2.05, 4.69) is 241 Å². The third-order valence-electron chi connectivity index (χ3n) is 13.5. The molecule has 308 valence electrons. The highest BCUT2D eigenvalue weighted by Crippen LogP contribution is 2.44. The van der Waals surface area contributed by atoms with Crippen molar-refractivity contribution in [2.24, 2.45) is 0 Å². The zero-order valence-electron chi connectivity index (χ0n) is 36.0. The summed E-state index contributed by atoms with van der Waals surface area (Å²) >= 11 is 0. The lowest BCUT2D eigenvalue weighted by Crippen LogP contribution is -2.11. The molecular weight excluding hydrogens is 799 g/mol. The maximum atomic E-state index is 6.28. The normalized spacial score (nSPS) is 11.6. The molecule has 0 unspecified atom stereocenters. The van der Waals surface area contributed by atoms with Gasteiger partial charge in [0.2, 0.25) is 0 Å². The van der Waals surface area contributed by atoms with Crippen molar-refractivity contribution >= 4 is 82.1 Å². The molecule has 0 radical (unpaired) electrons. The van der Waals surface area contributed by atoms with Crippen LogP contribution in [0, 0.1) is 0 Å². The molecule has 0 saturated heterocycles. The summed E-state index contributed by atoms with van der Waals surface area (Å²) in [5.74, 6) is 0. The number of hydrogen-bond donors (Lipinski definition) is 0. The Morgan fingerprint density at radius 3 is 1.45 bits per heavy atom. The van der Waals surface area contributed by atoms with Crippen molar-refractivity contribution in [2.45, 2.75) is 0 Å². The predicted molar refractivity (Wildman–Crippen MR) is 280 cm³/mol. The van der Waals surface area contributed by atoms with Crippen molar-refractivity contribution < 1.29 is 4.42 Å². The summed E-state index contributed by atoms with van der Waals surface area (Å²) < 4.78 is 6.28. The Bertz CT molecular complexity index is 3970. The van der Waals surface area contributed by atoms with E-state index in [1.54, 1.807) is 0 Å². The van der Waals surface area contributed by atoms with Crippen molar-refractivity contribution in [2.75, 3.05) is 4.90 Å². The van der Waals surface area contributed by atoms with Gasteiger partial charge in [-0.1, -0.05) is 194 Å². The van der Waals surface area contributed by atoms with Crippen molar-refractivity contribution in [3.05, 3.63) is 249 Å². The minimum absolute atomic E-state index is 0.897. The Hall–Kier alpha value is -8.72. The number of benzene rings is 12. The second kappa shape index (κ2) is 15.5. The van der Waals surface area contributed by atoms with Gasteiger partial charge < -0.3 is 9.32 Å². The summed E-state index contributed by atoms with van der Waals surface area (Å²) in [6.45, 7) is 0. The first-order valence-corrected chi connectivity index (χ1v) is 22.6. The molecule has 1 aromatic heterocycles. The number of hydrogen-bond acceptors (Lipinski definition) is 2. The molecule has 0 spiro atoms. The molecule has 0 aliphatic rings. The van der Waals surface area contributed by atoms with Gasteiger partial charge in [0.25, 0.3) is 0 Å². The molecule has 0 fully saturated rings. The maximum Gasteiger partial charge on any atom is 0.136 e. The van der Waals surface area contributed by atoms with Gasteiger partial charge in [-0.05, 0) is 137 Å². The highest BCUT2D eigenvalue weighted by Gasteiger charge is 2.19. The molecule has 0 saturated carbocycles. The molecule has 13 rings (SSSR count). The van der Waals surface area contributed by atoms with Crippen molar-refractivity contribution in [1.82, 2.24) is 0 Å². The second-order valence-corrected chi connectivity index (χ2v) is 17.2. The summed E-state index contributed by atoms with van der Waals surface area (Å²) in [6, 6.07) is 90.3. The van der Waals surface area contributed by atoms with Gasteiger partial charge in [0.15, 0.2) is 0 Å². The Balaban J connectivity index is 0.902. The molecule has 2 heteroatoms. The summed E-state index contributed by atoms with van der Waals surface area (Å²) in [6.07, 6.45) is 0. The van der Waals surface area contributed by atoms with Crippen LogP contribution in [0.1, 0.15) is 0 Å². The van der Waals surface area contributed by atoms with Crippen molar-refractivity contribution in [1.29, 1.82) is 0 Å². The third-order valence-corrected chi connectivity index (χ3v) is 13.5. The number of rotatable bonds is 7. The molecule has 12 aromatic carbocycles. The molecule has 1 heterocycles. The van der Waals surface area contributed by atoms with E-state index in [1.165, 1.54) is 65.3 Å². The fourth-order valence-corrected chi connectivity index (χ4v) is 10.2. The fourth-order valence-electron chi connectivity index (χ4n) is 10.2.